The molecule has 0 aromatic rings. The average molecular weight is 573 g/mol. The summed E-state index contributed by atoms with van der Waals surface area (Å²) in [7, 11) is 0. The lowest BCUT2D eigenvalue weighted by atomic mass is 10.1. The Morgan fingerprint density at radius 2 is 1.05 bits per heavy atom. The molecule has 0 saturated carbocycles. The molecule has 0 aliphatic carbocycles. The van der Waals surface area contributed by atoms with Gasteiger partial charge < -0.3 is 14.6 Å². The average Bonchev–Trinajstić information content (AvgIpc) is 2.97. The second-order valence-electron chi connectivity index (χ2n) is 10.5. The molecule has 0 rings (SSSR count). The maximum Gasteiger partial charge on any atom is 0.306 e. The highest BCUT2D eigenvalue weighted by molar-refractivity contribution is 5.70. The van der Waals surface area contributed by atoms with Crippen molar-refractivity contribution < 1.29 is 24.2 Å². The van der Waals surface area contributed by atoms with Crippen molar-refractivity contribution in [1.29, 1.82) is 0 Å². The zero-order valence-corrected chi connectivity index (χ0v) is 26.3. The van der Waals surface area contributed by atoms with E-state index in [1.807, 2.05) is 0 Å². The summed E-state index contributed by atoms with van der Waals surface area (Å²) in [5, 5.41) is 9.49. The number of esters is 2. The summed E-state index contributed by atoms with van der Waals surface area (Å²) in [5.74, 6) is -0.659. The maximum atomic E-state index is 12.1. The van der Waals surface area contributed by atoms with E-state index in [0.29, 0.717) is 12.8 Å². The SMILES string of the molecule is CC/C=C/C/C=C/C/C=C/C/C=C/CCCCC(=O)OC[C@H](CO)OC(=O)CCCCCCC/C=C/CCCCC. The van der Waals surface area contributed by atoms with Gasteiger partial charge in [-0.15, -0.1) is 0 Å². The van der Waals surface area contributed by atoms with Crippen molar-refractivity contribution in [3.8, 4) is 0 Å². The van der Waals surface area contributed by atoms with Crippen molar-refractivity contribution in [2.24, 2.45) is 0 Å². The molecule has 0 radical (unpaired) electrons. The Kier molecular flexibility index (Phi) is 30.2. The summed E-state index contributed by atoms with van der Waals surface area (Å²) in [6, 6.07) is 0. The van der Waals surface area contributed by atoms with Gasteiger partial charge in [0.05, 0.1) is 6.61 Å². The lowest BCUT2D eigenvalue weighted by Gasteiger charge is -2.15. The molecule has 0 aromatic heterocycles. The molecule has 0 bridgehead atoms. The van der Waals surface area contributed by atoms with Crippen LogP contribution >= 0.6 is 0 Å². The van der Waals surface area contributed by atoms with Gasteiger partial charge in [-0.3, -0.25) is 9.59 Å². The van der Waals surface area contributed by atoms with E-state index in [4.69, 9.17) is 9.47 Å². The van der Waals surface area contributed by atoms with Crippen LogP contribution in [0.25, 0.3) is 0 Å². The Hall–Kier alpha value is -2.40. The number of carbonyl (C=O) groups excluding carboxylic acids is 2. The molecule has 1 atom stereocenters. The van der Waals surface area contributed by atoms with Gasteiger partial charge in [0.25, 0.3) is 0 Å². The number of unbranched alkanes of at least 4 members (excludes halogenated alkanes) is 10. The fourth-order valence-electron chi connectivity index (χ4n) is 4.07. The summed E-state index contributed by atoms with van der Waals surface area (Å²) in [5.41, 5.74) is 0. The lowest BCUT2D eigenvalue weighted by Crippen LogP contribution is -2.28. The second kappa shape index (κ2) is 32.1. The third-order valence-electron chi connectivity index (χ3n) is 6.55. The smallest absolute Gasteiger partial charge is 0.306 e. The number of hydrogen-bond acceptors (Lipinski definition) is 5. The summed E-state index contributed by atoms with van der Waals surface area (Å²) in [4.78, 5) is 24.1. The van der Waals surface area contributed by atoms with E-state index in [1.165, 1.54) is 38.5 Å². The van der Waals surface area contributed by atoms with Gasteiger partial charge in [-0.25, -0.2) is 0 Å². The Morgan fingerprint density at radius 1 is 0.585 bits per heavy atom. The second-order valence-corrected chi connectivity index (χ2v) is 10.5. The Bertz CT molecular complexity index is 747. The van der Waals surface area contributed by atoms with Crippen molar-refractivity contribution in [3.63, 3.8) is 0 Å². The molecule has 5 heteroatoms. The minimum absolute atomic E-state index is 0.0934. The Morgan fingerprint density at radius 3 is 1.66 bits per heavy atom. The fraction of sp³-hybridized carbons (Fsp3) is 0.667. The van der Waals surface area contributed by atoms with Gasteiger partial charge in [0.1, 0.15) is 6.61 Å². The van der Waals surface area contributed by atoms with Gasteiger partial charge in [0.2, 0.25) is 0 Å². The molecule has 1 N–H and O–H groups in total. The van der Waals surface area contributed by atoms with E-state index in [0.717, 1.165) is 70.6 Å². The first-order valence-corrected chi connectivity index (χ1v) is 16.3. The number of ether oxygens (including phenoxy) is 2. The molecule has 0 spiro atoms. The number of aliphatic hydroxyl groups excluding tert-OH is 1. The number of hydrogen-bond donors (Lipinski definition) is 1. The zero-order chi connectivity index (χ0) is 30.1. The van der Waals surface area contributed by atoms with E-state index in [-0.39, 0.29) is 25.2 Å². The minimum atomic E-state index is -0.792. The van der Waals surface area contributed by atoms with E-state index in [1.54, 1.807) is 0 Å². The quantitative estimate of drug-likeness (QED) is 0.0574. The fourth-order valence-corrected chi connectivity index (χ4v) is 4.07. The molecule has 0 saturated heterocycles. The van der Waals surface area contributed by atoms with Gasteiger partial charge in [0, 0.05) is 12.8 Å². The monoisotopic (exact) mass is 572 g/mol. The Labute approximate surface area is 251 Å². The highest BCUT2D eigenvalue weighted by Crippen LogP contribution is 2.10. The molecule has 0 heterocycles. The Balaban J connectivity index is 3.71. The molecule has 0 aliphatic rings. The van der Waals surface area contributed by atoms with Crippen LogP contribution in [0, 0.1) is 0 Å². The number of rotatable bonds is 28. The topological polar surface area (TPSA) is 72.8 Å². The molecule has 41 heavy (non-hydrogen) atoms. The van der Waals surface area contributed by atoms with Crippen LogP contribution in [0.3, 0.4) is 0 Å². The van der Waals surface area contributed by atoms with Gasteiger partial charge in [-0.2, -0.15) is 0 Å². The van der Waals surface area contributed by atoms with Crippen molar-refractivity contribution in [2.75, 3.05) is 13.2 Å². The first-order valence-electron chi connectivity index (χ1n) is 16.3. The van der Waals surface area contributed by atoms with E-state index in [2.05, 4.69) is 74.6 Å². The standard InChI is InChI=1S/C36H60O5/c1-3-5-7-9-11-13-15-17-18-19-21-22-24-26-28-30-35(38)40-33-34(32-37)41-36(39)31-29-27-25-23-20-16-14-12-10-8-6-4-2/h5,7,11-14,17-18,21-22,34,37H,3-4,6,8-10,15-16,19-20,23-33H2,1-2H3/b7-5+,13-11+,14-12+,18-17+,22-21+/t34-/m0/s1. The van der Waals surface area contributed by atoms with Crippen molar-refractivity contribution in [2.45, 2.75) is 142 Å². The van der Waals surface area contributed by atoms with E-state index < -0.39 is 6.10 Å². The molecule has 234 valence electrons. The normalized spacial score (nSPS) is 13.0. The third-order valence-corrected chi connectivity index (χ3v) is 6.55. The molecule has 0 fully saturated rings. The molecule has 0 aliphatic heterocycles. The minimum Gasteiger partial charge on any atom is -0.462 e. The largest absolute Gasteiger partial charge is 0.462 e. The van der Waals surface area contributed by atoms with Crippen molar-refractivity contribution in [1.82, 2.24) is 0 Å². The van der Waals surface area contributed by atoms with Crippen LogP contribution in [0.2, 0.25) is 0 Å². The highest BCUT2D eigenvalue weighted by atomic mass is 16.6. The number of carbonyl (C=O) groups is 2. The molecular formula is C36H60O5. The third kappa shape index (κ3) is 30.4. The van der Waals surface area contributed by atoms with Crippen LogP contribution in [-0.4, -0.2) is 36.4 Å². The predicted molar refractivity (Wildman–Crippen MR) is 173 cm³/mol. The molecule has 0 amide bonds. The number of allylic oxidation sites excluding steroid dienone is 10. The van der Waals surface area contributed by atoms with E-state index >= 15 is 0 Å². The first kappa shape index (κ1) is 38.6. The number of aliphatic hydroxyl groups is 1. The van der Waals surface area contributed by atoms with Gasteiger partial charge >= 0.3 is 11.9 Å². The maximum absolute atomic E-state index is 12.1. The van der Waals surface area contributed by atoms with E-state index in [9.17, 15) is 14.7 Å². The summed E-state index contributed by atoms with van der Waals surface area (Å²) in [6.07, 6.45) is 39.9. The van der Waals surface area contributed by atoms with Crippen LogP contribution in [-0.2, 0) is 19.1 Å². The predicted octanol–water partition coefficient (Wildman–Crippen LogP) is 9.67. The van der Waals surface area contributed by atoms with Crippen LogP contribution in [0.1, 0.15) is 136 Å². The van der Waals surface area contributed by atoms with Crippen LogP contribution in [0.4, 0.5) is 0 Å². The molecule has 0 unspecified atom stereocenters. The van der Waals surface area contributed by atoms with Gasteiger partial charge in [0.15, 0.2) is 6.10 Å². The van der Waals surface area contributed by atoms with Crippen molar-refractivity contribution >= 4 is 11.9 Å². The lowest BCUT2D eigenvalue weighted by molar-refractivity contribution is -0.161. The summed E-state index contributed by atoms with van der Waals surface area (Å²) in [6.45, 7) is 3.92. The van der Waals surface area contributed by atoms with Crippen LogP contribution < -0.4 is 0 Å². The zero-order valence-electron chi connectivity index (χ0n) is 26.3. The molecule has 0 aromatic carbocycles. The van der Waals surface area contributed by atoms with Gasteiger partial charge in [-0.05, 0) is 77.0 Å². The highest BCUT2D eigenvalue weighted by Gasteiger charge is 2.16. The van der Waals surface area contributed by atoms with Crippen molar-refractivity contribution in [3.05, 3.63) is 60.8 Å². The van der Waals surface area contributed by atoms with Gasteiger partial charge in [-0.1, -0.05) is 107 Å². The summed E-state index contributed by atoms with van der Waals surface area (Å²) >= 11 is 0. The molecule has 5 nitrogen and oxygen atoms in total. The van der Waals surface area contributed by atoms with Crippen LogP contribution in [0.5, 0.6) is 0 Å². The first-order chi connectivity index (χ1) is 20.1. The van der Waals surface area contributed by atoms with Crippen LogP contribution in [0.15, 0.2) is 60.8 Å². The summed E-state index contributed by atoms with van der Waals surface area (Å²) < 4.78 is 10.5. The molecular weight excluding hydrogens is 512 g/mol.